The quantitative estimate of drug-likeness (QED) is 0.783. The van der Waals surface area contributed by atoms with Crippen LogP contribution in [0.4, 0.5) is 0 Å². The number of nitrogens with one attached hydrogen (secondary N) is 1. The zero-order valence-corrected chi connectivity index (χ0v) is 14.1. The van der Waals surface area contributed by atoms with Gasteiger partial charge < -0.3 is 9.88 Å². The highest BCUT2D eigenvalue weighted by molar-refractivity contribution is 4.97. The Morgan fingerprint density at radius 1 is 1.24 bits per heavy atom. The zero-order chi connectivity index (χ0) is 15.1. The van der Waals surface area contributed by atoms with Gasteiger partial charge in [0.2, 0.25) is 0 Å². The summed E-state index contributed by atoms with van der Waals surface area (Å²) in [6.45, 7) is 9.12. The van der Waals surface area contributed by atoms with Crippen molar-refractivity contribution in [2.75, 3.05) is 6.54 Å². The van der Waals surface area contributed by atoms with Crippen LogP contribution in [0.15, 0.2) is 12.4 Å². The van der Waals surface area contributed by atoms with Crippen molar-refractivity contribution < 1.29 is 0 Å². The van der Waals surface area contributed by atoms with E-state index in [0.717, 1.165) is 31.3 Å². The molecule has 1 saturated carbocycles. The fraction of sp³-hybridized carbons (Fsp3) is 0.833. The lowest BCUT2D eigenvalue weighted by atomic mass is 9.78. The molecule has 1 fully saturated rings. The van der Waals surface area contributed by atoms with E-state index in [1.165, 1.54) is 44.3 Å². The van der Waals surface area contributed by atoms with Gasteiger partial charge in [0.25, 0.3) is 0 Å². The van der Waals surface area contributed by atoms with Crippen LogP contribution in [0.3, 0.4) is 0 Å². The summed E-state index contributed by atoms with van der Waals surface area (Å²) >= 11 is 0. The molecule has 1 aromatic rings. The van der Waals surface area contributed by atoms with E-state index in [9.17, 15) is 0 Å². The molecule has 1 heterocycles. The summed E-state index contributed by atoms with van der Waals surface area (Å²) in [6, 6.07) is 0.607. The smallest absolute Gasteiger partial charge is 0.110 e. The molecule has 21 heavy (non-hydrogen) atoms. The van der Waals surface area contributed by atoms with Crippen LogP contribution in [-0.4, -0.2) is 22.1 Å². The number of hydrogen-bond acceptors (Lipinski definition) is 2. The van der Waals surface area contributed by atoms with Crippen LogP contribution >= 0.6 is 0 Å². The van der Waals surface area contributed by atoms with Crippen molar-refractivity contribution in [3.8, 4) is 0 Å². The van der Waals surface area contributed by atoms with Crippen LogP contribution in [0, 0.1) is 11.8 Å². The van der Waals surface area contributed by atoms with E-state index in [-0.39, 0.29) is 0 Å². The van der Waals surface area contributed by atoms with Gasteiger partial charge in [-0.1, -0.05) is 33.6 Å². The van der Waals surface area contributed by atoms with Gasteiger partial charge in [-0.3, -0.25) is 0 Å². The van der Waals surface area contributed by atoms with Crippen LogP contribution in [0.5, 0.6) is 0 Å². The minimum atomic E-state index is 0.607. The molecule has 0 saturated heterocycles. The molecule has 1 aromatic heterocycles. The maximum absolute atomic E-state index is 4.62. The average molecular weight is 291 g/mol. The molecule has 120 valence electrons. The Labute approximate surface area is 130 Å². The van der Waals surface area contributed by atoms with Crippen molar-refractivity contribution in [3.05, 3.63) is 18.2 Å². The third kappa shape index (κ3) is 4.84. The van der Waals surface area contributed by atoms with Crippen molar-refractivity contribution in [1.82, 2.24) is 14.9 Å². The molecule has 1 aliphatic carbocycles. The summed E-state index contributed by atoms with van der Waals surface area (Å²) < 4.78 is 2.34. The molecule has 1 N–H and O–H groups in total. The van der Waals surface area contributed by atoms with Crippen molar-refractivity contribution in [2.24, 2.45) is 11.8 Å². The second-order valence-electron chi connectivity index (χ2n) is 6.82. The van der Waals surface area contributed by atoms with Gasteiger partial charge in [0.15, 0.2) is 0 Å². The van der Waals surface area contributed by atoms with Gasteiger partial charge in [0.05, 0.1) is 0 Å². The molecule has 3 nitrogen and oxygen atoms in total. The van der Waals surface area contributed by atoms with Crippen molar-refractivity contribution in [1.29, 1.82) is 0 Å². The molecular formula is C18H33N3. The highest BCUT2D eigenvalue weighted by atomic mass is 15.1. The molecule has 0 aliphatic heterocycles. The van der Waals surface area contributed by atoms with Crippen LogP contribution in [0.1, 0.15) is 65.1 Å². The molecule has 0 amide bonds. The molecule has 2 rings (SSSR count). The van der Waals surface area contributed by atoms with Crippen molar-refractivity contribution in [3.63, 3.8) is 0 Å². The van der Waals surface area contributed by atoms with Crippen molar-refractivity contribution in [2.45, 2.75) is 78.3 Å². The Bertz CT molecular complexity index is 391. The normalized spacial score (nSPS) is 24.1. The molecule has 1 unspecified atom stereocenters. The minimum absolute atomic E-state index is 0.607. The van der Waals surface area contributed by atoms with Crippen LogP contribution in [-0.2, 0) is 13.0 Å². The number of hydrogen-bond donors (Lipinski definition) is 1. The maximum atomic E-state index is 4.62. The lowest BCUT2D eigenvalue weighted by molar-refractivity contribution is 0.226. The summed E-state index contributed by atoms with van der Waals surface area (Å²) in [5.74, 6) is 3.03. The topological polar surface area (TPSA) is 29.9 Å². The Kier molecular flexibility index (Phi) is 6.75. The van der Waals surface area contributed by atoms with Gasteiger partial charge >= 0.3 is 0 Å². The summed E-state index contributed by atoms with van der Waals surface area (Å²) in [4.78, 5) is 4.62. The van der Waals surface area contributed by atoms with E-state index < -0.39 is 0 Å². The first-order valence-corrected chi connectivity index (χ1v) is 8.98. The average Bonchev–Trinajstić information content (AvgIpc) is 2.92. The monoisotopic (exact) mass is 291 g/mol. The molecule has 0 bridgehead atoms. The number of aryl methyl sites for hydroxylation is 1. The second-order valence-corrected chi connectivity index (χ2v) is 6.82. The predicted molar refractivity (Wildman–Crippen MR) is 89.4 cm³/mol. The maximum Gasteiger partial charge on any atom is 0.110 e. The van der Waals surface area contributed by atoms with E-state index >= 15 is 0 Å². The Morgan fingerprint density at radius 2 is 2.00 bits per heavy atom. The summed E-state index contributed by atoms with van der Waals surface area (Å²) in [7, 11) is 0. The predicted octanol–water partition coefficient (Wildman–Crippen LogP) is 4.03. The Hall–Kier alpha value is -0.830. The van der Waals surface area contributed by atoms with Crippen LogP contribution < -0.4 is 5.32 Å². The number of aromatic nitrogens is 2. The van der Waals surface area contributed by atoms with Gasteiger partial charge in [-0.15, -0.1) is 0 Å². The number of imidazole rings is 1. The van der Waals surface area contributed by atoms with Crippen LogP contribution in [0.2, 0.25) is 0 Å². The zero-order valence-electron chi connectivity index (χ0n) is 14.1. The van der Waals surface area contributed by atoms with Crippen molar-refractivity contribution >= 4 is 0 Å². The summed E-state index contributed by atoms with van der Waals surface area (Å²) in [6.07, 6.45) is 13.2. The highest BCUT2D eigenvalue weighted by Gasteiger charge is 2.26. The third-order valence-electron chi connectivity index (χ3n) is 4.95. The van der Waals surface area contributed by atoms with E-state index in [1.807, 2.05) is 6.20 Å². The van der Waals surface area contributed by atoms with Crippen LogP contribution in [0.25, 0.3) is 0 Å². The van der Waals surface area contributed by atoms with Gasteiger partial charge in [0.1, 0.15) is 5.82 Å². The third-order valence-corrected chi connectivity index (χ3v) is 4.95. The van der Waals surface area contributed by atoms with Gasteiger partial charge in [-0.25, -0.2) is 4.98 Å². The Morgan fingerprint density at radius 3 is 2.67 bits per heavy atom. The highest BCUT2D eigenvalue weighted by Crippen LogP contribution is 2.31. The van der Waals surface area contributed by atoms with E-state index in [0.29, 0.717) is 6.04 Å². The molecule has 3 heteroatoms. The molecular weight excluding hydrogens is 258 g/mol. The fourth-order valence-corrected chi connectivity index (χ4v) is 3.59. The van der Waals surface area contributed by atoms with E-state index in [1.54, 1.807) is 0 Å². The first-order valence-electron chi connectivity index (χ1n) is 8.98. The number of nitrogens with zero attached hydrogens (tertiary/aromatic N) is 2. The standard InChI is InChI=1S/C18H33N3/c1-4-10-19-17(16-8-6-15(3)7-9-16)14-18-20-11-13-21(18)12-5-2/h11,13,15-17,19H,4-10,12,14H2,1-3H3. The lowest BCUT2D eigenvalue weighted by Gasteiger charge is -2.33. The fourth-order valence-electron chi connectivity index (χ4n) is 3.59. The summed E-state index contributed by atoms with van der Waals surface area (Å²) in [5.41, 5.74) is 0. The minimum Gasteiger partial charge on any atom is -0.335 e. The van der Waals surface area contributed by atoms with Gasteiger partial charge in [-0.05, 0) is 44.1 Å². The Balaban J connectivity index is 1.99. The molecule has 1 aliphatic rings. The molecule has 0 radical (unpaired) electrons. The van der Waals surface area contributed by atoms with E-state index in [2.05, 4.69) is 41.8 Å². The van der Waals surface area contributed by atoms with Gasteiger partial charge in [0, 0.05) is 31.4 Å². The lowest BCUT2D eigenvalue weighted by Crippen LogP contribution is -2.40. The first kappa shape index (κ1) is 16.5. The largest absolute Gasteiger partial charge is 0.335 e. The first-order chi connectivity index (χ1) is 10.2. The number of rotatable bonds is 8. The molecule has 0 aromatic carbocycles. The van der Waals surface area contributed by atoms with E-state index in [4.69, 9.17) is 0 Å². The summed E-state index contributed by atoms with van der Waals surface area (Å²) in [5, 5.41) is 3.81. The SMILES string of the molecule is CCCNC(Cc1nccn1CCC)C1CCC(C)CC1. The van der Waals surface area contributed by atoms with Gasteiger partial charge in [-0.2, -0.15) is 0 Å². The second kappa shape index (κ2) is 8.57. The molecule has 0 spiro atoms. The molecule has 1 atom stereocenters.